The monoisotopic (exact) mass is 273 g/mol. The van der Waals surface area contributed by atoms with Gasteiger partial charge in [0, 0.05) is 30.8 Å². The number of hydrogen-bond donors (Lipinski definition) is 1. The lowest BCUT2D eigenvalue weighted by Gasteiger charge is -2.19. The molecule has 0 fully saturated rings. The Morgan fingerprint density at radius 1 is 1.25 bits per heavy atom. The number of benzene rings is 1. The van der Waals surface area contributed by atoms with Crippen LogP contribution in [0.15, 0.2) is 24.4 Å². The predicted molar refractivity (Wildman–Crippen MR) is 77.1 cm³/mol. The quantitative estimate of drug-likeness (QED) is 0.927. The lowest BCUT2D eigenvalue weighted by atomic mass is 10.1. The van der Waals surface area contributed by atoms with Gasteiger partial charge in [-0.25, -0.2) is 4.98 Å². The van der Waals surface area contributed by atoms with Crippen molar-refractivity contribution in [2.24, 2.45) is 5.73 Å². The van der Waals surface area contributed by atoms with Crippen LogP contribution in [0.2, 0.25) is 0 Å². The van der Waals surface area contributed by atoms with E-state index in [2.05, 4.69) is 10.8 Å². The molecule has 0 radical (unpaired) electrons. The van der Waals surface area contributed by atoms with Crippen molar-refractivity contribution < 1.29 is 9.47 Å². The molecule has 1 unspecified atom stereocenters. The van der Waals surface area contributed by atoms with Gasteiger partial charge in [0.25, 0.3) is 0 Å². The predicted octanol–water partition coefficient (Wildman–Crippen LogP) is 1.84. The van der Waals surface area contributed by atoms with Gasteiger partial charge in [-0.05, 0) is 24.6 Å². The molecule has 0 aliphatic carbocycles. The number of nitrogens with two attached hydrogens (primary N) is 1. The van der Waals surface area contributed by atoms with Crippen LogP contribution < -0.4 is 15.2 Å². The molecule has 5 heteroatoms. The van der Waals surface area contributed by atoms with E-state index in [4.69, 9.17) is 20.2 Å². The van der Waals surface area contributed by atoms with Crippen molar-refractivity contribution in [3.05, 3.63) is 30.2 Å². The van der Waals surface area contributed by atoms with Crippen molar-refractivity contribution in [2.75, 3.05) is 14.2 Å². The van der Waals surface area contributed by atoms with Gasteiger partial charge in [-0.3, -0.25) is 0 Å². The van der Waals surface area contributed by atoms with E-state index >= 15 is 0 Å². The third kappa shape index (κ3) is 2.25. The molecule has 2 heterocycles. The smallest absolute Gasteiger partial charge is 0.161 e. The summed E-state index contributed by atoms with van der Waals surface area (Å²) in [5, 5.41) is 0. The Morgan fingerprint density at radius 3 is 2.80 bits per heavy atom. The summed E-state index contributed by atoms with van der Waals surface area (Å²) in [7, 11) is 3.27. The van der Waals surface area contributed by atoms with Crippen molar-refractivity contribution in [1.82, 2.24) is 9.55 Å². The molecule has 1 aliphatic rings. The zero-order valence-electron chi connectivity index (χ0n) is 11.8. The number of nitrogens with zero attached hydrogens (tertiary/aromatic N) is 2. The Labute approximate surface area is 118 Å². The van der Waals surface area contributed by atoms with Gasteiger partial charge in [0.15, 0.2) is 11.5 Å². The molecule has 2 N–H and O–H groups in total. The first-order valence-corrected chi connectivity index (χ1v) is 6.75. The Kier molecular flexibility index (Phi) is 3.36. The van der Waals surface area contributed by atoms with Crippen LogP contribution >= 0.6 is 0 Å². The first kappa shape index (κ1) is 13.0. The zero-order chi connectivity index (χ0) is 14.1. The van der Waals surface area contributed by atoms with Crippen LogP contribution in [0, 0.1) is 0 Å². The van der Waals surface area contributed by atoms with Crippen LogP contribution in [-0.4, -0.2) is 29.8 Å². The molecule has 1 atom stereocenters. The molecule has 20 heavy (non-hydrogen) atoms. The molecule has 0 saturated heterocycles. The highest BCUT2D eigenvalue weighted by Gasteiger charge is 2.18. The van der Waals surface area contributed by atoms with Gasteiger partial charge < -0.3 is 19.8 Å². The highest BCUT2D eigenvalue weighted by atomic mass is 16.5. The molecule has 2 aromatic rings. The number of rotatable bonds is 3. The third-order valence-corrected chi connectivity index (χ3v) is 3.71. The molecule has 1 aromatic carbocycles. The van der Waals surface area contributed by atoms with Gasteiger partial charge in [0.2, 0.25) is 0 Å². The molecular formula is C15H19N3O2. The minimum atomic E-state index is 0.231. The summed E-state index contributed by atoms with van der Waals surface area (Å²) < 4.78 is 12.7. The van der Waals surface area contributed by atoms with Crippen LogP contribution in [-0.2, 0) is 13.0 Å². The second kappa shape index (κ2) is 5.17. The molecule has 5 nitrogen and oxygen atoms in total. The summed E-state index contributed by atoms with van der Waals surface area (Å²) in [4.78, 5) is 4.70. The Hall–Kier alpha value is -2.01. The molecule has 0 saturated carbocycles. The maximum Gasteiger partial charge on any atom is 0.161 e. The van der Waals surface area contributed by atoms with Crippen molar-refractivity contribution in [1.29, 1.82) is 0 Å². The topological polar surface area (TPSA) is 62.3 Å². The minimum Gasteiger partial charge on any atom is -0.493 e. The summed E-state index contributed by atoms with van der Waals surface area (Å²) in [6, 6.07) is 6.08. The van der Waals surface area contributed by atoms with Gasteiger partial charge >= 0.3 is 0 Å². The van der Waals surface area contributed by atoms with Gasteiger partial charge in [-0.15, -0.1) is 0 Å². The van der Waals surface area contributed by atoms with E-state index in [0.717, 1.165) is 42.2 Å². The number of aryl methyl sites for hydroxylation is 1. The van der Waals surface area contributed by atoms with Crippen molar-refractivity contribution in [3.8, 4) is 22.8 Å². The molecular weight excluding hydrogens is 254 g/mol. The van der Waals surface area contributed by atoms with Crippen LogP contribution in [0.1, 0.15) is 12.2 Å². The first-order chi connectivity index (χ1) is 9.71. The summed E-state index contributed by atoms with van der Waals surface area (Å²) in [5.74, 6) is 2.55. The number of aromatic nitrogens is 2. The van der Waals surface area contributed by atoms with Gasteiger partial charge in [0.1, 0.15) is 5.82 Å². The highest BCUT2D eigenvalue weighted by Crippen LogP contribution is 2.32. The summed E-state index contributed by atoms with van der Waals surface area (Å²) in [6.07, 6.45) is 4.01. The summed E-state index contributed by atoms with van der Waals surface area (Å²) in [5.41, 5.74) is 7.98. The lowest BCUT2D eigenvalue weighted by molar-refractivity contribution is 0.355. The largest absolute Gasteiger partial charge is 0.493 e. The molecule has 0 bridgehead atoms. The molecule has 0 amide bonds. The maximum absolute atomic E-state index is 6.00. The maximum atomic E-state index is 6.00. The van der Waals surface area contributed by atoms with Gasteiger partial charge in [-0.2, -0.15) is 0 Å². The average molecular weight is 273 g/mol. The normalized spacial score (nSPS) is 17.6. The van der Waals surface area contributed by atoms with E-state index in [-0.39, 0.29) is 6.04 Å². The van der Waals surface area contributed by atoms with Crippen LogP contribution in [0.3, 0.4) is 0 Å². The number of imidazole rings is 1. The molecule has 106 valence electrons. The third-order valence-electron chi connectivity index (χ3n) is 3.71. The SMILES string of the molecule is COc1ccc(-c2cn3c(n2)CCC(N)C3)cc1OC. The fourth-order valence-electron chi connectivity index (χ4n) is 2.60. The van der Waals surface area contributed by atoms with Crippen LogP contribution in [0.5, 0.6) is 11.5 Å². The number of methoxy groups -OCH3 is 2. The summed E-state index contributed by atoms with van der Waals surface area (Å²) >= 11 is 0. The van der Waals surface area contributed by atoms with E-state index in [0.29, 0.717) is 5.75 Å². The standard InChI is InChI=1S/C15H19N3O2/c1-19-13-5-3-10(7-14(13)20-2)12-9-18-8-11(16)4-6-15(18)17-12/h3,5,7,9,11H,4,6,8,16H2,1-2H3. The summed E-state index contributed by atoms with van der Waals surface area (Å²) in [6.45, 7) is 0.843. The first-order valence-electron chi connectivity index (χ1n) is 6.75. The van der Waals surface area contributed by atoms with Crippen molar-refractivity contribution >= 4 is 0 Å². The van der Waals surface area contributed by atoms with Gasteiger partial charge in [-0.1, -0.05) is 0 Å². The van der Waals surface area contributed by atoms with E-state index in [1.807, 2.05) is 18.2 Å². The second-order valence-electron chi connectivity index (χ2n) is 5.06. The fraction of sp³-hybridized carbons (Fsp3) is 0.400. The molecule has 0 spiro atoms. The van der Waals surface area contributed by atoms with Crippen LogP contribution in [0.25, 0.3) is 11.3 Å². The van der Waals surface area contributed by atoms with E-state index in [9.17, 15) is 0 Å². The van der Waals surface area contributed by atoms with Gasteiger partial charge in [0.05, 0.1) is 19.9 Å². The number of hydrogen-bond acceptors (Lipinski definition) is 4. The Morgan fingerprint density at radius 2 is 2.05 bits per heavy atom. The molecule has 3 rings (SSSR count). The molecule has 1 aliphatic heterocycles. The van der Waals surface area contributed by atoms with E-state index < -0.39 is 0 Å². The van der Waals surface area contributed by atoms with E-state index in [1.54, 1.807) is 14.2 Å². The lowest BCUT2D eigenvalue weighted by Crippen LogP contribution is -2.31. The van der Waals surface area contributed by atoms with Crippen molar-refractivity contribution in [2.45, 2.75) is 25.4 Å². The Bertz CT molecular complexity index is 622. The fourth-order valence-corrected chi connectivity index (χ4v) is 2.60. The zero-order valence-corrected chi connectivity index (χ0v) is 11.8. The van der Waals surface area contributed by atoms with Crippen molar-refractivity contribution in [3.63, 3.8) is 0 Å². The number of ether oxygens (including phenoxy) is 2. The highest BCUT2D eigenvalue weighted by molar-refractivity contribution is 5.63. The number of fused-ring (bicyclic) bond motifs is 1. The average Bonchev–Trinajstić information content (AvgIpc) is 2.89. The van der Waals surface area contributed by atoms with E-state index in [1.165, 1.54) is 0 Å². The second-order valence-corrected chi connectivity index (χ2v) is 5.06. The minimum absolute atomic E-state index is 0.231. The Balaban J connectivity index is 1.97. The molecule has 1 aromatic heterocycles. The van der Waals surface area contributed by atoms with Crippen LogP contribution in [0.4, 0.5) is 0 Å².